The maximum absolute atomic E-state index is 12.5. The van der Waals surface area contributed by atoms with Gasteiger partial charge in [-0.15, -0.1) is 0 Å². The van der Waals surface area contributed by atoms with Crippen LogP contribution in [0, 0.1) is 0 Å². The largest absolute Gasteiger partial charge is 0.487 e. The molecule has 0 bridgehead atoms. The summed E-state index contributed by atoms with van der Waals surface area (Å²) >= 11 is 0. The Bertz CT molecular complexity index is 563. The van der Waals surface area contributed by atoms with Crippen LogP contribution < -0.4 is 15.4 Å². The number of urea groups is 1. The number of hydrogen-bond donors (Lipinski definition) is 2. The van der Waals surface area contributed by atoms with E-state index in [1.165, 1.54) is 19.3 Å². The molecule has 1 atom stereocenters. The number of nitrogens with one attached hydrogen (secondary N) is 2. The first-order valence-electron chi connectivity index (χ1n) is 9.51. The molecule has 0 spiro atoms. The summed E-state index contributed by atoms with van der Waals surface area (Å²) in [6.07, 6.45) is 8.66. The van der Waals surface area contributed by atoms with E-state index in [1.54, 1.807) is 0 Å². The first kappa shape index (κ1) is 17.1. The van der Waals surface area contributed by atoms with Gasteiger partial charge in [0.05, 0.1) is 6.04 Å². The maximum atomic E-state index is 12.5. The van der Waals surface area contributed by atoms with Crippen molar-refractivity contribution < 1.29 is 9.53 Å². The molecule has 1 fully saturated rings. The standard InChI is InChI=1S/C20H30N2O2/c1-3-20(4-2)14-17(16-12-8-9-13-18(16)24-20)22-19(23)21-15-10-6-5-7-11-15/h8-9,12-13,15,17H,3-7,10-11,14H2,1-2H3,(H2,21,22,23). The lowest BCUT2D eigenvalue weighted by Gasteiger charge is -2.41. The van der Waals surface area contributed by atoms with E-state index in [9.17, 15) is 4.79 Å². The molecule has 0 aromatic heterocycles. The molecule has 2 amide bonds. The second-order valence-electron chi connectivity index (χ2n) is 7.24. The highest BCUT2D eigenvalue weighted by atomic mass is 16.5. The molecule has 1 unspecified atom stereocenters. The topological polar surface area (TPSA) is 50.4 Å². The zero-order chi connectivity index (χ0) is 17.0. The van der Waals surface area contributed by atoms with Crippen LogP contribution in [0.1, 0.15) is 76.8 Å². The van der Waals surface area contributed by atoms with Crippen LogP contribution in [0.4, 0.5) is 4.79 Å². The van der Waals surface area contributed by atoms with Gasteiger partial charge in [0.2, 0.25) is 0 Å². The molecule has 1 aliphatic heterocycles. The van der Waals surface area contributed by atoms with Gasteiger partial charge < -0.3 is 15.4 Å². The fraction of sp³-hybridized carbons (Fsp3) is 0.650. The number of hydrogen-bond acceptors (Lipinski definition) is 2. The predicted molar refractivity (Wildman–Crippen MR) is 96.3 cm³/mol. The van der Waals surface area contributed by atoms with Crippen molar-refractivity contribution in [2.75, 3.05) is 0 Å². The van der Waals surface area contributed by atoms with Crippen LogP contribution in [0.3, 0.4) is 0 Å². The van der Waals surface area contributed by atoms with Crippen molar-refractivity contribution in [3.8, 4) is 5.75 Å². The molecule has 1 aromatic rings. The third kappa shape index (κ3) is 3.68. The molecule has 1 saturated carbocycles. The molecular weight excluding hydrogens is 300 g/mol. The fourth-order valence-corrected chi connectivity index (χ4v) is 4.06. The van der Waals surface area contributed by atoms with E-state index in [-0.39, 0.29) is 17.7 Å². The molecule has 1 heterocycles. The van der Waals surface area contributed by atoms with Crippen molar-refractivity contribution in [1.29, 1.82) is 0 Å². The normalized spacial score (nSPS) is 23.0. The summed E-state index contributed by atoms with van der Waals surface area (Å²) in [6.45, 7) is 4.33. The third-order valence-electron chi connectivity index (χ3n) is 5.73. The predicted octanol–water partition coefficient (Wildman–Crippen LogP) is 4.70. The SMILES string of the molecule is CCC1(CC)CC(NC(=O)NC2CCCCC2)c2ccccc2O1. The smallest absolute Gasteiger partial charge is 0.315 e. The molecular formula is C20H30N2O2. The highest BCUT2D eigenvalue weighted by Crippen LogP contribution is 2.42. The van der Waals surface area contributed by atoms with Crippen molar-refractivity contribution in [3.05, 3.63) is 29.8 Å². The lowest BCUT2D eigenvalue weighted by Crippen LogP contribution is -2.48. The summed E-state index contributed by atoms with van der Waals surface area (Å²) in [5.41, 5.74) is 0.908. The van der Waals surface area contributed by atoms with Crippen molar-refractivity contribution in [2.24, 2.45) is 0 Å². The molecule has 0 saturated heterocycles. The first-order valence-corrected chi connectivity index (χ1v) is 9.51. The third-order valence-corrected chi connectivity index (χ3v) is 5.73. The average Bonchev–Trinajstić information content (AvgIpc) is 2.62. The van der Waals surface area contributed by atoms with E-state index in [4.69, 9.17) is 4.74 Å². The van der Waals surface area contributed by atoms with Crippen LogP contribution in [0.15, 0.2) is 24.3 Å². The van der Waals surface area contributed by atoms with Gasteiger partial charge in [-0.3, -0.25) is 0 Å². The van der Waals surface area contributed by atoms with Crippen molar-refractivity contribution >= 4 is 6.03 Å². The first-order chi connectivity index (χ1) is 11.7. The van der Waals surface area contributed by atoms with Crippen LogP contribution in [-0.4, -0.2) is 17.7 Å². The Hall–Kier alpha value is -1.71. The van der Waals surface area contributed by atoms with Gasteiger partial charge in [0.25, 0.3) is 0 Å². The Balaban J connectivity index is 1.72. The van der Waals surface area contributed by atoms with E-state index >= 15 is 0 Å². The zero-order valence-corrected chi connectivity index (χ0v) is 14.9. The van der Waals surface area contributed by atoms with Crippen molar-refractivity contribution in [3.63, 3.8) is 0 Å². The second-order valence-corrected chi connectivity index (χ2v) is 7.24. The summed E-state index contributed by atoms with van der Waals surface area (Å²) in [5, 5.41) is 6.39. The molecule has 24 heavy (non-hydrogen) atoms. The van der Waals surface area contributed by atoms with Crippen LogP contribution in [0.2, 0.25) is 0 Å². The Kier molecular flexibility index (Phi) is 5.32. The summed E-state index contributed by atoms with van der Waals surface area (Å²) in [7, 11) is 0. The number of para-hydroxylation sites is 1. The molecule has 3 rings (SSSR count). The number of rotatable bonds is 4. The Labute approximate surface area is 145 Å². The van der Waals surface area contributed by atoms with Gasteiger partial charge in [-0.1, -0.05) is 51.3 Å². The highest BCUT2D eigenvalue weighted by Gasteiger charge is 2.39. The average molecular weight is 330 g/mol. The maximum Gasteiger partial charge on any atom is 0.315 e. The molecule has 2 N–H and O–H groups in total. The fourth-order valence-electron chi connectivity index (χ4n) is 4.06. The van der Waals surface area contributed by atoms with Crippen LogP contribution in [0.25, 0.3) is 0 Å². The number of fused-ring (bicyclic) bond motifs is 1. The van der Waals surface area contributed by atoms with E-state index in [0.29, 0.717) is 6.04 Å². The van der Waals surface area contributed by atoms with E-state index in [1.807, 2.05) is 18.2 Å². The van der Waals surface area contributed by atoms with Crippen LogP contribution in [-0.2, 0) is 0 Å². The monoisotopic (exact) mass is 330 g/mol. The van der Waals surface area contributed by atoms with Gasteiger partial charge in [0.15, 0.2) is 0 Å². The minimum atomic E-state index is -0.183. The quantitative estimate of drug-likeness (QED) is 0.840. The summed E-state index contributed by atoms with van der Waals surface area (Å²) in [4.78, 5) is 12.5. The van der Waals surface area contributed by atoms with Gasteiger partial charge in [-0.05, 0) is 31.7 Å². The molecule has 2 aliphatic rings. The van der Waals surface area contributed by atoms with Gasteiger partial charge in [-0.25, -0.2) is 4.79 Å². The van der Waals surface area contributed by atoms with Crippen molar-refractivity contribution in [2.45, 2.75) is 82.9 Å². The molecule has 1 aromatic carbocycles. The van der Waals surface area contributed by atoms with Crippen LogP contribution in [0.5, 0.6) is 5.75 Å². The van der Waals surface area contributed by atoms with Gasteiger partial charge in [-0.2, -0.15) is 0 Å². The number of amides is 2. The highest BCUT2D eigenvalue weighted by molar-refractivity contribution is 5.75. The number of benzene rings is 1. The second kappa shape index (κ2) is 7.45. The lowest BCUT2D eigenvalue weighted by atomic mass is 9.83. The van der Waals surface area contributed by atoms with E-state index < -0.39 is 0 Å². The van der Waals surface area contributed by atoms with E-state index in [2.05, 4.69) is 30.5 Å². The molecule has 0 radical (unpaired) electrons. The summed E-state index contributed by atoms with van der Waals surface area (Å²) in [5.74, 6) is 0.912. The number of carbonyl (C=O) groups is 1. The number of ether oxygens (including phenoxy) is 1. The summed E-state index contributed by atoms with van der Waals surface area (Å²) in [6, 6.07) is 8.40. The minimum Gasteiger partial charge on any atom is -0.487 e. The molecule has 4 heteroatoms. The molecule has 4 nitrogen and oxygen atoms in total. The Morgan fingerprint density at radius 1 is 1.12 bits per heavy atom. The lowest BCUT2D eigenvalue weighted by molar-refractivity contribution is 0.0244. The van der Waals surface area contributed by atoms with Crippen molar-refractivity contribution in [1.82, 2.24) is 10.6 Å². The summed E-state index contributed by atoms with van der Waals surface area (Å²) < 4.78 is 6.31. The van der Waals surface area contributed by atoms with Gasteiger partial charge in [0, 0.05) is 18.0 Å². The Morgan fingerprint density at radius 2 is 1.83 bits per heavy atom. The van der Waals surface area contributed by atoms with Gasteiger partial charge in [0.1, 0.15) is 11.4 Å². The Morgan fingerprint density at radius 3 is 2.54 bits per heavy atom. The molecule has 1 aliphatic carbocycles. The number of carbonyl (C=O) groups excluding carboxylic acids is 1. The van der Waals surface area contributed by atoms with Gasteiger partial charge >= 0.3 is 6.03 Å². The molecule has 132 valence electrons. The zero-order valence-electron chi connectivity index (χ0n) is 14.9. The van der Waals surface area contributed by atoms with Crippen LogP contribution >= 0.6 is 0 Å². The van der Waals surface area contributed by atoms with E-state index in [0.717, 1.165) is 43.4 Å². The minimum absolute atomic E-state index is 0.0124.